The van der Waals surface area contributed by atoms with Crippen molar-refractivity contribution >= 4 is 34.6 Å². The molecule has 2 aliphatic heterocycles. The minimum Gasteiger partial charge on any atom is -0.382 e. The first-order valence-corrected chi connectivity index (χ1v) is 10.2. The molecule has 5 heteroatoms. The SMILES string of the molecule is C[C@H]1Nc2cc(Cl)c(Cl)cc2[C@H]1CCN1CCN(c2ccccc2)CC1. The molecule has 1 N–H and O–H groups in total. The number of nitrogens with zero attached hydrogens (tertiary/aromatic N) is 2. The summed E-state index contributed by atoms with van der Waals surface area (Å²) in [6.45, 7) is 7.81. The van der Waals surface area contributed by atoms with E-state index in [1.165, 1.54) is 11.3 Å². The summed E-state index contributed by atoms with van der Waals surface area (Å²) in [6, 6.07) is 15.2. The third kappa shape index (κ3) is 3.66. The molecule has 0 unspecified atom stereocenters. The Bertz CT molecular complexity index is 757. The molecule has 2 aliphatic rings. The first-order valence-electron chi connectivity index (χ1n) is 9.39. The standard InChI is InChI=1S/C21H25Cl2N3/c1-15-17(18-13-19(22)20(23)14-21(18)24-15)7-8-25-9-11-26(12-10-25)16-5-3-2-4-6-16/h2-6,13-15,17,24H,7-12H2,1H3/t15-,17+/m1/s1. The Morgan fingerprint density at radius 3 is 2.42 bits per heavy atom. The normalized spacial score (nSPS) is 23.0. The average Bonchev–Trinajstić information content (AvgIpc) is 2.96. The Morgan fingerprint density at radius 1 is 1.00 bits per heavy atom. The Labute approximate surface area is 165 Å². The Balaban J connectivity index is 1.34. The van der Waals surface area contributed by atoms with Gasteiger partial charge in [0.1, 0.15) is 0 Å². The highest BCUT2D eigenvalue weighted by atomic mass is 35.5. The van der Waals surface area contributed by atoms with E-state index in [4.69, 9.17) is 23.2 Å². The molecule has 2 aromatic rings. The highest BCUT2D eigenvalue weighted by Gasteiger charge is 2.30. The quantitative estimate of drug-likeness (QED) is 0.783. The molecule has 0 bridgehead atoms. The van der Waals surface area contributed by atoms with Crippen LogP contribution in [-0.2, 0) is 0 Å². The van der Waals surface area contributed by atoms with Crippen LogP contribution in [0.4, 0.5) is 11.4 Å². The van der Waals surface area contributed by atoms with Crippen LogP contribution in [0.1, 0.15) is 24.8 Å². The van der Waals surface area contributed by atoms with Crippen molar-refractivity contribution in [3.63, 3.8) is 0 Å². The van der Waals surface area contributed by atoms with E-state index in [-0.39, 0.29) is 0 Å². The van der Waals surface area contributed by atoms with Gasteiger partial charge in [0.25, 0.3) is 0 Å². The predicted octanol–water partition coefficient (Wildman–Crippen LogP) is 5.10. The van der Waals surface area contributed by atoms with Gasteiger partial charge in [-0.25, -0.2) is 0 Å². The lowest BCUT2D eigenvalue weighted by molar-refractivity contribution is 0.247. The number of piperazine rings is 1. The Hall–Kier alpha value is -1.42. The monoisotopic (exact) mass is 389 g/mol. The second-order valence-electron chi connectivity index (χ2n) is 7.35. The number of hydrogen-bond acceptors (Lipinski definition) is 3. The molecule has 2 aromatic carbocycles. The van der Waals surface area contributed by atoms with E-state index in [1.807, 2.05) is 12.1 Å². The zero-order valence-corrected chi connectivity index (χ0v) is 16.6. The van der Waals surface area contributed by atoms with Crippen LogP contribution in [0.3, 0.4) is 0 Å². The van der Waals surface area contributed by atoms with Crippen LogP contribution in [0.25, 0.3) is 0 Å². The summed E-state index contributed by atoms with van der Waals surface area (Å²) in [5, 5.41) is 4.84. The summed E-state index contributed by atoms with van der Waals surface area (Å²) in [4.78, 5) is 5.06. The molecule has 0 aromatic heterocycles. The lowest BCUT2D eigenvalue weighted by Gasteiger charge is -2.36. The van der Waals surface area contributed by atoms with E-state index in [9.17, 15) is 0 Å². The minimum atomic E-state index is 0.421. The van der Waals surface area contributed by atoms with Crippen LogP contribution in [0.2, 0.25) is 10.0 Å². The van der Waals surface area contributed by atoms with Gasteiger partial charge in [0.15, 0.2) is 0 Å². The predicted molar refractivity (Wildman–Crippen MR) is 112 cm³/mol. The Kier molecular flexibility index (Phi) is 5.30. The van der Waals surface area contributed by atoms with Gasteiger partial charge >= 0.3 is 0 Å². The van der Waals surface area contributed by atoms with Crippen molar-refractivity contribution in [2.24, 2.45) is 0 Å². The number of benzene rings is 2. The zero-order valence-electron chi connectivity index (χ0n) is 15.1. The third-order valence-corrected chi connectivity index (χ3v) is 6.45. The number of para-hydroxylation sites is 1. The molecule has 0 spiro atoms. The van der Waals surface area contributed by atoms with Gasteiger partial charge in [-0.2, -0.15) is 0 Å². The van der Waals surface area contributed by atoms with Gasteiger partial charge < -0.3 is 10.2 Å². The summed E-state index contributed by atoms with van der Waals surface area (Å²) >= 11 is 12.4. The summed E-state index contributed by atoms with van der Waals surface area (Å²) in [7, 11) is 0. The van der Waals surface area contributed by atoms with Gasteiger partial charge in [-0.3, -0.25) is 4.90 Å². The molecule has 26 heavy (non-hydrogen) atoms. The van der Waals surface area contributed by atoms with Crippen LogP contribution >= 0.6 is 23.2 Å². The maximum absolute atomic E-state index is 6.25. The average molecular weight is 390 g/mol. The molecular weight excluding hydrogens is 365 g/mol. The molecule has 0 amide bonds. The van der Waals surface area contributed by atoms with E-state index in [1.54, 1.807) is 0 Å². The molecule has 0 saturated carbocycles. The van der Waals surface area contributed by atoms with E-state index in [2.05, 4.69) is 52.4 Å². The third-order valence-electron chi connectivity index (χ3n) is 5.73. The summed E-state index contributed by atoms with van der Waals surface area (Å²) in [5.74, 6) is 0.493. The zero-order chi connectivity index (χ0) is 18.1. The molecule has 4 rings (SSSR count). The van der Waals surface area contributed by atoms with Crippen LogP contribution < -0.4 is 10.2 Å². The maximum Gasteiger partial charge on any atom is 0.0613 e. The van der Waals surface area contributed by atoms with Crippen LogP contribution in [0, 0.1) is 0 Å². The van der Waals surface area contributed by atoms with E-state index < -0.39 is 0 Å². The lowest BCUT2D eigenvalue weighted by Crippen LogP contribution is -2.47. The van der Waals surface area contributed by atoms with Crippen LogP contribution in [-0.4, -0.2) is 43.7 Å². The summed E-state index contributed by atoms with van der Waals surface area (Å²) < 4.78 is 0. The number of rotatable bonds is 4. The second kappa shape index (κ2) is 7.67. The minimum absolute atomic E-state index is 0.421. The van der Waals surface area contributed by atoms with Gasteiger partial charge in [-0.05, 0) is 49.7 Å². The fraction of sp³-hybridized carbons (Fsp3) is 0.429. The van der Waals surface area contributed by atoms with Crippen LogP contribution in [0.15, 0.2) is 42.5 Å². The first kappa shape index (κ1) is 18.0. The topological polar surface area (TPSA) is 18.5 Å². The summed E-state index contributed by atoms with van der Waals surface area (Å²) in [5.41, 5.74) is 3.79. The summed E-state index contributed by atoms with van der Waals surface area (Å²) in [6.07, 6.45) is 1.14. The fourth-order valence-electron chi connectivity index (χ4n) is 4.20. The van der Waals surface area contributed by atoms with Gasteiger partial charge in [-0.15, -0.1) is 0 Å². The van der Waals surface area contributed by atoms with Crippen molar-refractivity contribution in [1.29, 1.82) is 0 Å². The number of hydrogen-bond donors (Lipinski definition) is 1. The maximum atomic E-state index is 6.25. The largest absolute Gasteiger partial charge is 0.382 e. The Morgan fingerprint density at radius 2 is 1.69 bits per heavy atom. The van der Waals surface area contributed by atoms with Crippen LogP contribution in [0.5, 0.6) is 0 Å². The molecule has 138 valence electrons. The molecule has 1 saturated heterocycles. The molecule has 2 heterocycles. The fourth-order valence-corrected chi connectivity index (χ4v) is 4.54. The van der Waals surface area contributed by atoms with Crippen molar-refractivity contribution in [2.75, 3.05) is 42.9 Å². The van der Waals surface area contributed by atoms with Crippen molar-refractivity contribution in [2.45, 2.75) is 25.3 Å². The highest BCUT2D eigenvalue weighted by molar-refractivity contribution is 6.42. The first-order chi connectivity index (χ1) is 12.6. The van der Waals surface area contributed by atoms with Crippen molar-refractivity contribution < 1.29 is 0 Å². The lowest BCUT2D eigenvalue weighted by atomic mass is 9.92. The number of fused-ring (bicyclic) bond motifs is 1. The number of anilines is 2. The van der Waals surface area contributed by atoms with E-state index >= 15 is 0 Å². The van der Waals surface area contributed by atoms with Crippen molar-refractivity contribution in [3.05, 3.63) is 58.1 Å². The molecule has 3 nitrogen and oxygen atoms in total. The molecule has 1 fully saturated rings. The van der Waals surface area contributed by atoms with Crippen molar-refractivity contribution in [3.8, 4) is 0 Å². The smallest absolute Gasteiger partial charge is 0.0613 e. The molecular formula is C21H25Cl2N3. The second-order valence-corrected chi connectivity index (χ2v) is 8.16. The van der Waals surface area contributed by atoms with Gasteiger partial charge in [0, 0.05) is 49.5 Å². The van der Waals surface area contributed by atoms with Gasteiger partial charge in [0.05, 0.1) is 10.0 Å². The molecule has 0 radical (unpaired) electrons. The van der Waals surface area contributed by atoms with Gasteiger partial charge in [-0.1, -0.05) is 41.4 Å². The highest BCUT2D eigenvalue weighted by Crippen LogP contribution is 2.42. The van der Waals surface area contributed by atoms with Crippen molar-refractivity contribution in [1.82, 2.24) is 4.90 Å². The van der Waals surface area contributed by atoms with E-state index in [0.717, 1.165) is 44.8 Å². The van der Waals surface area contributed by atoms with E-state index in [0.29, 0.717) is 22.0 Å². The van der Waals surface area contributed by atoms with Gasteiger partial charge in [0.2, 0.25) is 0 Å². The molecule has 2 atom stereocenters. The number of nitrogens with one attached hydrogen (secondary N) is 1. The number of halogens is 2. The molecule has 0 aliphatic carbocycles.